The van der Waals surface area contributed by atoms with Gasteiger partial charge in [-0.3, -0.25) is 4.79 Å². The number of hydrogen-bond acceptors (Lipinski definition) is 4. The molecule has 0 radical (unpaired) electrons. The number of aliphatic hydroxyl groups excluding tert-OH is 1. The van der Waals surface area contributed by atoms with Crippen LogP contribution in [0.2, 0.25) is 0 Å². The van der Waals surface area contributed by atoms with Gasteiger partial charge < -0.3 is 20.2 Å². The molecule has 2 N–H and O–H groups in total. The average molecular weight is 376 g/mol. The van der Waals surface area contributed by atoms with E-state index in [0.717, 1.165) is 11.4 Å². The SMILES string of the molecule is CCN(CCNC)c1ccc(CN2C(=O)C(Cl)=C(Cl)C2O)cc1F. The van der Waals surface area contributed by atoms with E-state index in [0.29, 0.717) is 24.3 Å². The Balaban J connectivity index is 2.14. The first-order valence-corrected chi connectivity index (χ1v) is 8.38. The number of halogens is 3. The topological polar surface area (TPSA) is 55.8 Å². The predicted molar refractivity (Wildman–Crippen MR) is 93.5 cm³/mol. The van der Waals surface area contributed by atoms with Gasteiger partial charge >= 0.3 is 0 Å². The molecule has 1 aromatic carbocycles. The third-order valence-electron chi connectivity index (χ3n) is 3.90. The van der Waals surface area contributed by atoms with Crippen molar-refractivity contribution in [3.63, 3.8) is 0 Å². The molecule has 0 saturated heterocycles. The van der Waals surface area contributed by atoms with Crippen molar-refractivity contribution in [2.45, 2.75) is 19.7 Å². The smallest absolute Gasteiger partial charge is 0.269 e. The van der Waals surface area contributed by atoms with Gasteiger partial charge in [0.15, 0.2) is 6.23 Å². The minimum Gasteiger partial charge on any atom is -0.368 e. The first kappa shape index (κ1) is 19.0. The van der Waals surface area contributed by atoms with E-state index in [2.05, 4.69) is 5.32 Å². The van der Waals surface area contributed by atoms with E-state index in [1.165, 1.54) is 6.07 Å². The summed E-state index contributed by atoms with van der Waals surface area (Å²) in [6, 6.07) is 4.76. The molecule has 1 unspecified atom stereocenters. The van der Waals surface area contributed by atoms with Gasteiger partial charge in [0.05, 0.1) is 10.7 Å². The molecule has 1 aliphatic heterocycles. The number of anilines is 1. The molecule has 8 heteroatoms. The Labute approximate surface area is 150 Å². The lowest BCUT2D eigenvalue weighted by atomic mass is 10.1. The average Bonchev–Trinajstić information content (AvgIpc) is 2.75. The number of nitrogens with zero attached hydrogens (tertiary/aromatic N) is 2. The second-order valence-corrected chi connectivity index (χ2v) is 6.22. The Morgan fingerprint density at radius 1 is 1.42 bits per heavy atom. The van der Waals surface area contributed by atoms with Crippen LogP contribution < -0.4 is 10.2 Å². The van der Waals surface area contributed by atoms with Crippen molar-refractivity contribution < 1.29 is 14.3 Å². The molecule has 0 saturated carbocycles. The molecule has 2 rings (SSSR count). The molecule has 0 bridgehead atoms. The molecule has 0 spiro atoms. The van der Waals surface area contributed by atoms with Crippen molar-refractivity contribution in [1.29, 1.82) is 0 Å². The highest BCUT2D eigenvalue weighted by molar-refractivity contribution is 6.49. The van der Waals surface area contributed by atoms with Crippen LogP contribution in [0.5, 0.6) is 0 Å². The van der Waals surface area contributed by atoms with E-state index in [1.54, 1.807) is 12.1 Å². The summed E-state index contributed by atoms with van der Waals surface area (Å²) in [6.07, 6.45) is -1.29. The highest BCUT2D eigenvalue weighted by Gasteiger charge is 2.36. The maximum Gasteiger partial charge on any atom is 0.269 e. The zero-order chi connectivity index (χ0) is 17.9. The van der Waals surface area contributed by atoms with E-state index in [1.807, 2.05) is 18.9 Å². The summed E-state index contributed by atoms with van der Waals surface area (Å²) in [6.45, 7) is 4.08. The normalized spacial score (nSPS) is 17.8. The van der Waals surface area contributed by atoms with Gasteiger partial charge in [-0.15, -0.1) is 0 Å². The summed E-state index contributed by atoms with van der Waals surface area (Å²) < 4.78 is 14.4. The zero-order valence-electron chi connectivity index (χ0n) is 13.5. The van der Waals surface area contributed by atoms with Gasteiger partial charge in [-0.25, -0.2) is 4.39 Å². The molecule has 24 heavy (non-hydrogen) atoms. The van der Waals surface area contributed by atoms with Crippen molar-refractivity contribution in [3.8, 4) is 0 Å². The zero-order valence-corrected chi connectivity index (χ0v) is 15.0. The van der Waals surface area contributed by atoms with Crippen LogP contribution in [0.1, 0.15) is 12.5 Å². The van der Waals surface area contributed by atoms with Crippen LogP contribution in [0.4, 0.5) is 10.1 Å². The van der Waals surface area contributed by atoms with Crippen molar-refractivity contribution in [3.05, 3.63) is 39.6 Å². The standard InChI is InChI=1S/C16H20Cl2FN3O2/c1-3-21(7-6-20-2)12-5-4-10(8-11(12)19)9-22-15(23)13(17)14(18)16(22)24/h4-5,8,15,20,23H,3,6-7,9H2,1-2H3. The minimum atomic E-state index is -1.29. The number of hydrogen-bond donors (Lipinski definition) is 2. The number of amides is 1. The summed E-state index contributed by atoms with van der Waals surface area (Å²) >= 11 is 11.5. The van der Waals surface area contributed by atoms with Crippen LogP contribution in [0, 0.1) is 5.82 Å². The minimum absolute atomic E-state index is 0.0201. The summed E-state index contributed by atoms with van der Waals surface area (Å²) in [5.41, 5.74) is 1.04. The van der Waals surface area contributed by atoms with Gasteiger partial charge in [0.25, 0.3) is 5.91 Å². The lowest BCUT2D eigenvalue weighted by molar-refractivity contribution is -0.132. The third-order valence-corrected chi connectivity index (χ3v) is 4.75. The third kappa shape index (κ3) is 3.83. The van der Waals surface area contributed by atoms with Gasteiger partial charge in [-0.1, -0.05) is 29.3 Å². The van der Waals surface area contributed by atoms with Crippen LogP contribution in [-0.4, -0.2) is 48.8 Å². The monoisotopic (exact) mass is 375 g/mol. The lowest BCUT2D eigenvalue weighted by Gasteiger charge is -2.25. The van der Waals surface area contributed by atoms with Crippen molar-refractivity contribution in [2.75, 3.05) is 31.6 Å². The fraction of sp³-hybridized carbons (Fsp3) is 0.438. The lowest BCUT2D eigenvalue weighted by Crippen LogP contribution is -2.34. The number of rotatable bonds is 7. The molecule has 1 heterocycles. The Kier molecular flexibility index (Phi) is 6.46. The second kappa shape index (κ2) is 8.16. The summed E-state index contributed by atoms with van der Waals surface area (Å²) in [5, 5.41) is 12.7. The fourth-order valence-corrected chi connectivity index (χ4v) is 2.95. The van der Waals surface area contributed by atoms with E-state index >= 15 is 0 Å². The Hall–Kier alpha value is -1.34. The summed E-state index contributed by atoms with van der Waals surface area (Å²) in [4.78, 5) is 15.0. The predicted octanol–water partition coefficient (Wildman–Crippen LogP) is 2.22. The quantitative estimate of drug-likeness (QED) is 0.767. The van der Waals surface area contributed by atoms with Gasteiger partial charge in [0, 0.05) is 26.2 Å². The molecule has 1 aliphatic rings. The van der Waals surface area contributed by atoms with Crippen molar-refractivity contribution in [2.24, 2.45) is 0 Å². The molecule has 5 nitrogen and oxygen atoms in total. The highest BCUT2D eigenvalue weighted by Crippen LogP contribution is 2.31. The molecular formula is C16H20Cl2FN3O2. The molecule has 0 aliphatic carbocycles. The van der Waals surface area contributed by atoms with Crippen LogP contribution in [0.25, 0.3) is 0 Å². The Bertz CT molecular complexity index is 654. The van der Waals surface area contributed by atoms with E-state index in [9.17, 15) is 14.3 Å². The van der Waals surface area contributed by atoms with Gasteiger partial charge in [0.2, 0.25) is 0 Å². The van der Waals surface area contributed by atoms with Gasteiger partial charge in [-0.2, -0.15) is 0 Å². The molecule has 1 aromatic rings. The second-order valence-electron chi connectivity index (χ2n) is 5.44. The van der Waals surface area contributed by atoms with Crippen molar-refractivity contribution >= 4 is 34.8 Å². The first-order chi connectivity index (χ1) is 11.4. The van der Waals surface area contributed by atoms with E-state index < -0.39 is 12.1 Å². The Morgan fingerprint density at radius 3 is 2.62 bits per heavy atom. The molecule has 0 aromatic heterocycles. The number of carbonyl (C=O) groups excluding carboxylic acids is 1. The maximum atomic E-state index is 14.4. The highest BCUT2D eigenvalue weighted by atomic mass is 35.5. The van der Waals surface area contributed by atoms with E-state index in [4.69, 9.17) is 23.2 Å². The number of benzene rings is 1. The first-order valence-electron chi connectivity index (χ1n) is 7.62. The molecule has 1 amide bonds. The number of aliphatic hydroxyl groups is 1. The molecule has 0 fully saturated rings. The summed E-state index contributed by atoms with van der Waals surface area (Å²) in [7, 11) is 1.84. The maximum absolute atomic E-state index is 14.4. The number of nitrogens with one attached hydrogen (secondary N) is 1. The Morgan fingerprint density at radius 2 is 2.12 bits per heavy atom. The largest absolute Gasteiger partial charge is 0.368 e. The van der Waals surface area contributed by atoms with Crippen LogP contribution in [0.3, 0.4) is 0 Å². The van der Waals surface area contributed by atoms with Crippen LogP contribution in [-0.2, 0) is 11.3 Å². The van der Waals surface area contributed by atoms with Gasteiger partial charge in [-0.05, 0) is 31.7 Å². The van der Waals surface area contributed by atoms with Crippen molar-refractivity contribution in [1.82, 2.24) is 10.2 Å². The van der Waals surface area contributed by atoms with Crippen LogP contribution >= 0.6 is 23.2 Å². The molecule has 132 valence electrons. The molecular weight excluding hydrogens is 356 g/mol. The van der Waals surface area contributed by atoms with E-state index in [-0.39, 0.29) is 22.4 Å². The molecule has 1 atom stereocenters. The van der Waals surface area contributed by atoms with Gasteiger partial charge in [0.1, 0.15) is 10.8 Å². The number of carbonyl (C=O) groups is 1. The van der Waals surface area contributed by atoms with Crippen LogP contribution in [0.15, 0.2) is 28.3 Å². The number of likely N-dealkylation sites (N-methyl/N-ethyl adjacent to an activating group) is 2. The summed E-state index contributed by atoms with van der Waals surface area (Å²) in [5.74, 6) is -0.945. The fourth-order valence-electron chi connectivity index (χ4n) is 2.55.